The molecule has 136 valence electrons. The fourth-order valence-corrected chi connectivity index (χ4v) is 3.55. The van der Waals surface area contributed by atoms with E-state index in [2.05, 4.69) is 41.0 Å². The third kappa shape index (κ3) is 6.74. The molecule has 2 aliphatic heterocycles. The van der Waals surface area contributed by atoms with Crippen molar-refractivity contribution in [2.75, 3.05) is 53.5 Å². The molecule has 0 aromatic heterocycles. The molecule has 0 aliphatic carbocycles. The van der Waals surface area contributed by atoms with Gasteiger partial charge in [0, 0.05) is 52.3 Å². The van der Waals surface area contributed by atoms with Crippen molar-refractivity contribution in [3.63, 3.8) is 0 Å². The number of aliphatic imine (C=N–C) groups is 1. The van der Waals surface area contributed by atoms with E-state index in [1.165, 1.54) is 32.4 Å². The first-order chi connectivity index (χ1) is 10.6. The lowest BCUT2D eigenvalue weighted by molar-refractivity contribution is 0.140. The quantitative estimate of drug-likeness (QED) is 0.406. The first kappa shape index (κ1) is 21.0. The summed E-state index contributed by atoms with van der Waals surface area (Å²) in [5.41, 5.74) is 0. The summed E-state index contributed by atoms with van der Waals surface area (Å²) in [4.78, 5) is 9.29. The number of hydrogen-bond acceptors (Lipinski definition) is 3. The summed E-state index contributed by atoms with van der Waals surface area (Å²) < 4.78 is 5.47. The molecule has 2 atom stereocenters. The van der Waals surface area contributed by atoms with E-state index in [1.807, 2.05) is 7.05 Å². The number of guanidine groups is 1. The van der Waals surface area contributed by atoms with Crippen molar-refractivity contribution in [3.8, 4) is 0 Å². The third-order valence-corrected chi connectivity index (χ3v) is 4.96. The molecule has 5 nitrogen and oxygen atoms in total. The highest BCUT2D eigenvalue weighted by Gasteiger charge is 2.23. The van der Waals surface area contributed by atoms with Crippen molar-refractivity contribution >= 4 is 29.9 Å². The minimum absolute atomic E-state index is 0. The molecule has 2 rings (SSSR count). The fourth-order valence-electron chi connectivity index (χ4n) is 3.55. The van der Waals surface area contributed by atoms with E-state index in [-0.39, 0.29) is 24.0 Å². The Balaban J connectivity index is 0.00000264. The zero-order valence-corrected chi connectivity index (χ0v) is 17.6. The number of likely N-dealkylation sites (tertiary alicyclic amines) is 1. The minimum Gasteiger partial charge on any atom is -0.381 e. The van der Waals surface area contributed by atoms with Crippen LogP contribution < -0.4 is 5.32 Å². The summed E-state index contributed by atoms with van der Waals surface area (Å²) in [5.74, 6) is 2.40. The van der Waals surface area contributed by atoms with Gasteiger partial charge in [-0.3, -0.25) is 4.99 Å². The lowest BCUT2D eigenvalue weighted by Gasteiger charge is -2.36. The number of nitrogens with one attached hydrogen (secondary N) is 1. The molecule has 23 heavy (non-hydrogen) atoms. The van der Waals surface area contributed by atoms with E-state index in [9.17, 15) is 0 Å². The average molecular weight is 438 g/mol. The molecule has 2 fully saturated rings. The van der Waals surface area contributed by atoms with Gasteiger partial charge in [-0.1, -0.05) is 0 Å². The molecule has 2 saturated heterocycles. The topological polar surface area (TPSA) is 40.1 Å². The molecule has 2 heterocycles. The maximum absolute atomic E-state index is 5.47. The summed E-state index contributed by atoms with van der Waals surface area (Å²) in [5, 5.41) is 3.58. The number of ether oxygens (including phenoxy) is 1. The largest absolute Gasteiger partial charge is 0.381 e. The maximum Gasteiger partial charge on any atom is 0.193 e. The number of piperidine rings is 1. The Bertz CT molecular complexity index is 359. The van der Waals surface area contributed by atoms with E-state index in [0.717, 1.165) is 38.2 Å². The summed E-state index contributed by atoms with van der Waals surface area (Å²) in [6, 6.07) is 0.659. The normalized spacial score (nSPS) is 26.2. The van der Waals surface area contributed by atoms with E-state index in [1.54, 1.807) is 0 Å². The first-order valence-corrected chi connectivity index (χ1v) is 8.83. The molecule has 0 radical (unpaired) electrons. The van der Waals surface area contributed by atoms with Gasteiger partial charge in [-0.05, 0) is 45.6 Å². The predicted molar refractivity (Wildman–Crippen MR) is 108 cm³/mol. The zero-order chi connectivity index (χ0) is 15.9. The van der Waals surface area contributed by atoms with Gasteiger partial charge in [-0.25, -0.2) is 0 Å². The summed E-state index contributed by atoms with van der Waals surface area (Å²) >= 11 is 0. The SMILES string of the molecule is CN=C(NCC1CCCN(C(C)C)C1)N(C)CC1CCOC1.I. The van der Waals surface area contributed by atoms with Crippen LogP contribution in [-0.4, -0.2) is 75.3 Å². The monoisotopic (exact) mass is 438 g/mol. The van der Waals surface area contributed by atoms with Crippen LogP contribution in [0.5, 0.6) is 0 Å². The van der Waals surface area contributed by atoms with Gasteiger partial charge in [0.05, 0.1) is 6.61 Å². The second-order valence-electron chi connectivity index (χ2n) is 7.14. The molecular formula is C17H35IN4O. The Morgan fingerprint density at radius 2 is 2.13 bits per heavy atom. The highest BCUT2D eigenvalue weighted by atomic mass is 127. The van der Waals surface area contributed by atoms with Crippen molar-refractivity contribution in [3.05, 3.63) is 0 Å². The highest BCUT2D eigenvalue weighted by molar-refractivity contribution is 14.0. The number of nitrogens with zero attached hydrogens (tertiary/aromatic N) is 3. The Morgan fingerprint density at radius 1 is 1.35 bits per heavy atom. The molecule has 0 aromatic carbocycles. The maximum atomic E-state index is 5.47. The molecular weight excluding hydrogens is 403 g/mol. The second kappa shape index (κ2) is 10.7. The molecule has 2 unspecified atom stereocenters. The van der Waals surface area contributed by atoms with Gasteiger partial charge >= 0.3 is 0 Å². The molecule has 0 saturated carbocycles. The van der Waals surface area contributed by atoms with Crippen LogP contribution in [0.4, 0.5) is 0 Å². The van der Waals surface area contributed by atoms with Gasteiger partial charge in [0.2, 0.25) is 0 Å². The molecule has 0 bridgehead atoms. The van der Waals surface area contributed by atoms with Gasteiger partial charge in [-0.2, -0.15) is 0 Å². The minimum atomic E-state index is 0. The Kier molecular flexibility index (Phi) is 9.77. The van der Waals surface area contributed by atoms with Crippen molar-refractivity contribution in [2.24, 2.45) is 16.8 Å². The molecule has 0 spiro atoms. The van der Waals surface area contributed by atoms with Gasteiger partial charge in [0.15, 0.2) is 5.96 Å². The lowest BCUT2D eigenvalue weighted by atomic mass is 9.97. The Labute approximate surface area is 159 Å². The standard InChI is InChI=1S/C17H34N4O.HI/c1-14(2)21-8-5-6-15(12-21)10-19-17(18-3)20(4)11-16-7-9-22-13-16;/h14-16H,5-13H2,1-4H3,(H,18,19);1H. The van der Waals surface area contributed by atoms with Crippen LogP contribution in [0.25, 0.3) is 0 Å². The van der Waals surface area contributed by atoms with Gasteiger partial charge in [-0.15, -0.1) is 24.0 Å². The van der Waals surface area contributed by atoms with Crippen molar-refractivity contribution < 1.29 is 4.74 Å². The van der Waals surface area contributed by atoms with E-state index in [0.29, 0.717) is 12.0 Å². The van der Waals surface area contributed by atoms with Crippen molar-refractivity contribution in [1.29, 1.82) is 0 Å². The van der Waals surface area contributed by atoms with Gasteiger partial charge in [0.25, 0.3) is 0 Å². The van der Waals surface area contributed by atoms with Gasteiger partial charge in [0.1, 0.15) is 0 Å². The van der Waals surface area contributed by atoms with E-state index >= 15 is 0 Å². The summed E-state index contributed by atoms with van der Waals surface area (Å²) in [6.45, 7) is 10.9. The van der Waals surface area contributed by atoms with Crippen LogP contribution >= 0.6 is 24.0 Å². The van der Waals surface area contributed by atoms with Crippen LogP contribution in [0.15, 0.2) is 4.99 Å². The third-order valence-electron chi connectivity index (χ3n) is 4.96. The molecule has 1 N–H and O–H groups in total. The molecule has 6 heteroatoms. The van der Waals surface area contributed by atoms with Gasteiger partial charge < -0.3 is 19.9 Å². The molecule has 0 aromatic rings. The number of hydrogen-bond donors (Lipinski definition) is 1. The Morgan fingerprint density at radius 3 is 2.74 bits per heavy atom. The van der Waals surface area contributed by atoms with Crippen molar-refractivity contribution in [2.45, 2.75) is 39.2 Å². The molecule has 2 aliphatic rings. The Hall–Kier alpha value is -0.0800. The van der Waals surface area contributed by atoms with Crippen LogP contribution in [-0.2, 0) is 4.74 Å². The molecule has 0 amide bonds. The number of halogens is 1. The van der Waals surface area contributed by atoms with Crippen LogP contribution in [0.3, 0.4) is 0 Å². The zero-order valence-electron chi connectivity index (χ0n) is 15.3. The summed E-state index contributed by atoms with van der Waals surface area (Å²) in [7, 11) is 4.01. The van der Waals surface area contributed by atoms with Crippen LogP contribution in [0, 0.1) is 11.8 Å². The highest BCUT2D eigenvalue weighted by Crippen LogP contribution is 2.18. The second-order valence-corrected chi connectivity index (χ2v) is 7.14. The fraction of sp³-hybridized carbons (Fsp3) is 0.941. The van der Waals surface area contributed by atoms with Crippen LogP contribution in [0.2, 0.25) is 0 Å². The lowest BCUT2D eigenvalue weighted by Crippen LogP contribution is -2.47. The van der Waals surface area contributed by atoms with E-state index < -0.39 is 0 Å². The average Bonchev–Trinajstić information content (AvgIpc) is 3.01. The summed E-state index contributed by atoms with van der Waals surface area (Å²) in [6.07, 6.45) is 3.82. The smallest absolute Gasteiger partial charge is 0.193 e. The van der Waals surface area contributed by atoms with Crippen LogP contribution in [0.1, 0.15) is 33.1 Å². The first-order valence-electron chi connectivity index (χ1n) is 8.83. The van der Waals surface area contributed by atoms with Crippen molar-refractivity contribution in [1.82, 2.24) is 15.1 Å². The predicted octanol–water partition coefficient (Wildman–Crippen LogP) is 2.27. The number of rotatable bonds is 5. The van der Waals surface area contributed by atoms with E-state index in [4.69, 9.17) is 4.74 Å².